The summed E-state index contributed by atoms with van der Waals surface area (Å²) < 4.78 is 5.43. The Morgan fingerprint density at radius 3 is 2.44 bits per heavy atom. The third-order valence-corrected chi connectivity index (χ3v) is 4.48. The van der Waals surface area contributed by atoms with Crippen molar-refractivity contribution in [2.24, 2.45) is 16.6 Å². The molecule has 1 saturated heterocycles. The second kappa shape index (κ2) is 3.47. The highest BCUT2D eigenvalue weighted by molar-refractivity contribution is 5.50. The van der Waals surface area contributed by atoms with E-state index in [0.29, 0.717) is 17.7 Å². The van der Waals surface area contributed by atoms with Crippen molar-refractivity contribution in [3.63, 3.8) is 0 Å². The van der Waals surface area contributed by atoms with Crippen LogP contribution in [0.2, 0.25) is 0 Å². The zero-order chi connectivity index (χ0) is 13.8. The largest absolute Gasteiger partial charge is 0.400 e. The van der Waals surface area contributed by atoms with Crippen LogP contribution < -0.4 is 11.1 Å². The van der Waals surface area contributed by atoms with E-state index in [1.807, 2.05) is 20.8 Å². The number of nitrogens with one attached hydrogen (secondary N) is 1. The van der Waals surface area contributed by atoms with Crippen LogP contribution in [0.3, 0.4) is 0 Å². The van der Waals surface area contributed by atoms with E-state index in [1.165, 1.54) is 0 Å². The first kappa shape index (κ1) is 12.9. The van der Waals surface area contributed by atoms with Crippen LogP contribution in [0.5, 0.6) is 0 Å². The number of ether oxygens (including phenoxy) is 1. The summed E-state index contributed by atoms with van der Waals surface area (Å²) in [7, 11) is 1.55. The first-order valence-corrected chi connectivity index (χ1v) is 5.91. The first-order valence-electron chi connectivity index (χ1n) is 5.91. The van der Waals surface area contributed by atoms with Crippen LogP contribution in [0.4, 0.5) is 0 Å². The molecule has 0 amide bonds. The van der Waals surface area contributed by atoms with Crippen molar-refractivity contribution in [3.05, 3.63) is 11.3 Å². The zero-order valence-corrected chi connectivity index (χ0v) is 11.2. The highest BCUT2D eigenvalue weighted by Crippen LogP contribution is 2.59. The molecule has 3 rings (SSSR count). The topological polar surface area (TPSA) is 94.9 Å². The highest BCUT2D eigenvalue weighted by atomic mass is 16.5. The molecule has 3 N–H and O–H groups in total. The monoisotopic (exact) mass is 246 g/mol. The normalized spacial score (nSPS) is 41.3. The van der Waals surface area contributed by atoms with E-state index in [0.717, 1.165) is 0 Å². The number of fused-ring (bicyclic) bond motifs is 2. The van der Waals surface area contributed by atoms with Gasteiger partial charge in [-0.1, -0.05) is 13.8 Å². The van der Waals surface area contributed by atoms with E-state index in [-0.39, 0.29) is 5.41 Å². The Labute approximate surface area is 107 Å². The first-order chi connectivity index (χ1) is 8.29. The Morgan fingerprint density at radius 1 is 1.39 bits per heavy atom. The third-order valence-electron chi connectivity index (χ3n) is 4.48. The lowest BCUT2D eigenvalue weighted by Gasteiger charge is -2.60. The summed E-state index contributed by atoms with van der Waals surface area (Å²) in [6, 6.07) is 4.46. The van der Waals surface area contributed by atoms with Gasteiger partial charge in [0.2, 0.25) is 0 Å². The third kappa shape index (κ3) is 1.16. The molecule has 18 heavy (non-hydrogen) atoms. The number of piperidine rings is 1. The fourth-order valence-electron chi connectivity index (χ4n) is 3.68. The quantitative estimate of drug-likeness (QED) is 0.719. The maximum Gasteiger partial charge on any atom is 0.142 e. The number of nitriles is 2. The van der Waals surface area contributed by atoms with Gasteiger partial charge in [-0.05, 0) is 18.8 Å². The molecule has 96 valence electrons. The van der Waals surface area contributed by atoms with Gasteiger partial charge in [-0.25, -0.2) is 0 Å². The van der Waals surface area contributed by atoms with Crippen LogP contribution in [0.25, 0.3) is 0 Å². The second-order valence-corrected chi connectivity index (χ2v) is 5.97. The molecule has 0 radical (unpaired) electrons. The average Bonchev–Trinajstić information content (AvgIpc) is 2.26. The predicted molar refractivity (Wildman–Crippen MR) is 65.6 cm³/mol. The lowest BCUT2D eigenvalue weighted by Crippen LogP contribution is -2.73. The van der Waals surface area contributed by atoms with Crippen LogP contribution in [0.1, 0.15) is 27.2 Å². The van der Waals surface area contributed by atoms with Crippen LogP contribution in [-0.2, 0) is 4.74 Å². The van der Waals surface area contributed by atoms with Gasteiger partial charge in [-0.2, -0.15) is 10.5 Å². The predicted octanol–water partition coefficient (Wildman–Crippen LogP) is 0.997. The minimum atomic E-state index is -0.995. The van der Waals surface area contributed by atoms with Crippen LogP contribution >= 0.6 is 0 Å². The van der Waals surface area contributed by atoms with Gasteiger partial charge in [0.25, 0.3) is 0 Å². The molecule has 1 aliphatic carbocycles. The van der Waals surface area contributed by atoms with E-state index in [9.17, 15) is 10.5 Å². The number of hydrogen-bond acceptors (Lipinski definition) is 5. The Balaban J connectivity index is 2.80. The fraction of sp³-hybridized carbons (Fsp3) is 0.692. The Hall–Kier alpha value is -1.56. The van der Waals surface area contributed by atoms with Crippen LogP contribution in [0.15, 0.2) is 11.3 Å². The van der Waals surface area contributed by atoms with Crippen LogP contribution in [-0.4, -0.2) is 18.9 Å². The molecule has 0 saturated carbocycles. The molecule has 0 spiro atoms. The van der Waals surface area contributed by atoms with Crippen LogP contribution in [0, 0.1) is 33.5 Å². The molecule has 1 fully saturated rings. The summed E-state index contributed by atoms with van der Waals surface area (Å²) in [6.07, 6.45) is 0.185. The van der Waals surface area contributed by atoms with Gasteiger partial charge in [0.15, 0.2) is 0 Å². The zero-order valence-electron chi connectivity index (χ0n) is 11.2. The van der Waals surface area contributed by atoms with Crippen molar-refractivity contribution in [1.29, 1.82) is 10.5 Å². The van der Waals surface area contributed by atoms with Gasteiger partial charge < -0.3 is 10.5 Å². The van der Waals surface area contributed by atoms with Gasteiger partial charge >= 0.3 is 0 Å². The molecule has 0 aromatic carbocycles. The van der Waals surface area contributed by atoms with Crippen molar-refractivity contribution in [1.82, 2.24) is 5.32 Å². The molecule has 3 atom stereocenters. The summed E-state index contributed by atoms with van der Waals surface area (Å²) in [5, 5.41) is 22.2. The fourth-order valence-corrected chi connectivity index (χ4v) is 3.68. The summed E-state index contributed by atoms with van der Waals surface area (Å²) in [5.41, 5.74) is 5.11. The van der Waals surface area contributed by atoms with E-state index in [2.05, 4.69) is 17.5 Å². The van der Waals surface area contributed by atoms with Gasteiger partial charge in [0, 0.05) is 12.8 Å². The summed E-state index contributed by atoms with van der Waals surface area (Å²) >= 11 is 0. The minimum Gasteiger partial charge on any atom is -0.400 e. The molecular formula is C13H18N4O. The molecule has 0 aromatic rings. The maximum absolute atomic E-state index is 9.68. The standard InChI is InChI=1S/C13H18N4O/c1-11(2)6-12(3)8(5-14)9(16)13(11,7-15)10(17-12)18-4/h10,17H,6,16H2,1-4H3/t10?,12-,13+/m1/s1. The summed E-state index contributed by atoms with van der Waals surface area (Å²) in [5.74, 6) is 0. The van der Waals surface area contributed by atoms with Gasteiger partial charge in [0.1, 0.15) is 11.6 Å². The molecule has 3 aliphatic rings. The number of methoxy groups -OCH3 is 1. The lowest BCUT2D eigenvalue weighted by molar-refractivity contribution is -0.116. The van der Waals surface area contributed by atoms with Crippen molar-refractivity contribution in [3.8, 4) is 12.1 Å². The van der Waals surface area contributed by atoms with E-state index in [1.54, 1.807) is 7.11 Å². The molecule has 2 aliphatic heterocycles. The van der Waals surface area contributed by atoms with Gasteiger partial charge in [0.05, 0.1) is 23.3 Å². The molecule has 2 bridgehead atoms. The molecular weight excluding hydrogens is 228 g/mol. The van der Waals surface area contributed by atoms with E-state index in [4.69, 9.17) is 10.5 Å². The number of hydrogen-bond donors (Lipinski definition) is 2. The summed E-state index contributed by atoms with van der Waals surface area (Å²) in [4.78, 5) is 0. The van der Waals surface area contributed by atoms with Crippen molar-refractivity contribution >= 4 is 0 Å². The lowest BCUT2D eigenvalue weighted by atomic mass is 9.50. The van der Waals surface area contributed by atoms with Crippen molar-refractivity contribution in [2.75, 3.05) is 7.11 Å². The van der Waals surface area contributed by atoms with E-state index >= 15 is 0 Å². The molecule has 2 heterocycles. The summed E-state index contributed by atoms with van der Waals surface area (Å²) in [6.45, 7) is 5.94. The highest BCUT2D eigenvalue weighted by Gasteiger charge is 2.66. The number of nitrogens with zero attached hydrogens (tertiary/aromatic N) is 2. The Morgan fingerprint density at radius 2 is 2.00 bits per heavy atom. The van der Waals surface area contributed by atoms with Gasteiger partial charge in [-0.3, -0.25) is 5.32 Å². The molecule has 5 nitrogen and oxygen atoms in total. The molecule has 1 unspecified atom stereocenters. The van der Waals surface area contributed by atoms with Crippen molar-refractivity contribution < 1.29 is 4.74 Å². The number of nitrogens with two attached hydrogens (primary N) is 1. The molecule has 5 heteroatoms. The Kier molecular flexibility index (Phi) is 2.49. The van der Waals surface area contributed by atoms with E-state index < -0.39 is 17.2 Å². The number of rotatable bonds is 1. The van der Waals surface area contributed by atoms with Gasteiger partial charge in [-0.15, -0.1) is 0 Å². The average molecular weight is 246 g/mol. The minimum absolute atomic E-state index is 0.354. The van der Waals surface area contributed by atoms with Crippen molar-refractivity contribution in [2.45, 2.75) is 39.0 Å². The SMILES string of the molecule is COC1N[C@]2(C)CC(C)(C)[C@@]1(C#N)C(N)=C2C#N. The second-order valence-electron chi connectivity index (χ2n) is 5.97. The molecule has 0 aromatic heterocycles. The maximum atomic E-state index is 9.68. The Bertz CT molecular complexity index is 510. The smallest absolute Gasteiger partial charge is 0.142 e.